The van der Waals surface area contributed by atoms with Crippen molar-refractivity contribution in [1.82, 2.24) is 15.1 Å². The van der Waals surface area contributed by atoms with Crippen LogP contribution in [0.15, 0.2) is 30.3 Å². The summed E-state index contributed by atoms with van der Waals surface area (Å²) in [5, 5.41) is 2.49. The van der Waals surface area contributed by atoms with Crippen LogP contribution in [-0.2, 0) is 23.9 Å². The SMILES string of the molecule is CCOc1ccccc1/C=C/C(=O)N1CCC2(CC1)CCN(C(=O)C[C@H](NC(C)=O)C(=O)OC)C2. The van der Waals surface area contributed by atoms with Gasteiger partial charge in [-0.3, -0.25) is 14.4 Å². The van der Waals surface area contributed by atoms with Gasteiger partial charge in [-0.2, -0.15) is 0 Å². The van der Waals surface area contributed by atoms with Gasteiger partial charge in [0, 0.05) is 44.7 Å². The summed E-state index contributed by atoms with van der Waals surface area (Å²) >= 11 is 0. The van der Waals surface area contributed by atoms with Gasteiger partial charge >= 0.3 is 5.97 Å². The van der Waals surface area contributed by atoms with Crippen molar-refractivity contribution in [3.63, 3.8) is 0 Å². The molecular formula is C26H35N3O6. The van der Waals surface area contributed by atoms with Crippen molar-refractivity contribution >= 4 is 29.8 Å². The first kappa shape index (κ1) is 26.2. The van der Waals surface area contributed by atoms with Crippen molar-refractivity contribution in [2.45, 2.75) is 45.6 Å². The standard InChI is InChI=1S/C26H35N3O6/c1-4-35-22-8-6-5-7-20(22)9-10-23(31)28-14-11-26(12-15-28)13-16-29(18-26)24(32)17-21(25(33)34-3)27-19(2)30/h5-10,21H,4,11-18H2,1-3H3,(H,27,30)/b10-9+/t21-/m0/s1. The number of nitrogens with one attached hydrogen (secondary N) is 1. The van der Waals surface area contributed by atoms with Crippen molar-refractivity contribution in [1.29, 1.82) is 0 Å². The van der Waals surface area contributed by atoms with E-state index >= 15 is 0 Å². The van der Waals surface area contributed by atoms with Crippen molar-refractivity contribution in [3.8, 4) is 5.75 Å². The summed E-state index contributed by atoms with van der Waals surface area (Å²) < 4.78 is 10.3. The highest BCUT2D eigenvalue weighted by molar-refractivity contribution is 5.92. The normalized spacial score (nSPS) is 17.9. The van der Waals surface area contributed by atoms with Crippen molar-refractivity contribution in [2.75, 3.05) is 39.9 Å². The Labute approximate surface area is 206 Å². The number of carbonyl (C=O) groups is 4. The monoisotopic (exact) mass is 485 g/mol. The quantitative estimate of drug-likeness (QED) is 0.446. The zero-order valence-electron chi connectivity index (χ0n) is 20.7. The van der Waals surface area contributed by atoms with Crippen LogP contribution in [0.3, 0.4) is 0 Å². The molecule has 1 spiro atoms. The molecule has 9 nitrogen and oxygen atoms in total. The van der Waals surface area contributed by atoms with E-state index in [1.807, 2.05) is 36.1 Å². The van der Waals surface area contributed by atoms with Crippen molar-refractivity contribution < 1.29 is 28.7 Å². The molecule has 0 bridgehead atoms. The number of para-hydroxylation sites is 1. The fourth-order valence-electron chi connectivity index (χ4n) is 4.81. The number of amides is 3. The fourth-order valence-corrected chi connectivity index (χ4v) is 4.81. The molecule has 2 fully saturated rings. The number of benzene rings is 1. The molecule has 0 aliphatic carbocycles. The summed E-state index contributed by atoms with van der Waals surface area (Å²) in [7, 11) is 1.23. The Hall–Kier alpha value is -3.36. The molecule has 0 radical (unpaired) electrons. The zero-order chi connectivity index (χ0) is 25.4. The van der Waals surface area contributed by atoms with Gasteiger partial charge in [0.05, 0.1) is 20.1 Å². The molecule has 190 valence electrons. The van der Waals surface area contributed by atoms with Gasteiger partial charge in [0.25, 0.3) is 0 Å². The third-order valence-electron chi connectivity index (χ3n) is 6.79. The second-order valence-corrected chi connectivity index (χ2v) is 9.18. The number of hydrogen-bond donors (Lipinski definition) is 1. The van der Waals surface area contributed by atoms with E-state index in [4.69, 9.17) is 9.47 Å². The minimum absolute atomic E-state index is 0.0213. The Kier molecular flexibility index (Phi) is 8.89. The number of esters is 1. The lowest BCUT2D eigenvalue weighted by Gasteiger charge is -2.39. The Morgan fingerprint density at radius 3 is 2.37 bits per heavy atom. The number of nitrogens with zero attached hydrogens (tertiary/aromatic N) is 2. The maximum Gasteiger partial charge on any atom is 0.328 e. The lowest BCUT2D eigenvalue weighted by molar-refractivity contribution is -0.147. The van der Waals surface area contributed by atoms with Crippen LogP contribution in [-0.4, -0.2) is 79.4 Å². The first-order valence-electron chi connectivity index (χ1n) is 12.1. The predicted octanol–water partition coefficient (Wildman–Crippen LogP) is 2.01. The second-order valence-electron chi connectivity index (χ2n) is 9.18. The molecule has 2 saturated heterocycles. The van der Waals surface area contributed by atoms with Gasteiger partial charge in [0.2, 0.25) is 17.7 Å². The molecule has 2 aliphatic rings. The highest BCUT2D eigenvalue weighted by Gasteiger charge is 2.43. The number of rotatable bonds is 8. The third-order valence-corrected chi connectivity index (χ3v) is 6.79. The van der Waals surface area contributed by atoms with Crippen LogP contribution in [0, 0.1) is 5.41 Å². The van der Waals surface area contributed by atoms with Gasteiger partial charge in [-0.25, -0.2) is 4.79 Å². The maximum atomic E-state index is 12.8. The van der Waals surface area contributed by atoms with Crippen LogP contribution >= 0.6 is 0 Å². The smallest absolute Gasteiger partial charge is 0.328 e. The van der Waals surface area contributed by atoms with Crippen LogP contribution in [0.2, 0.25) is 0 Å². The maximum absolute atomic E-state index is 12.8. The summed E-state index contributed by atoms with van der Waals surface area (Å²) in [6, 6.07) is 6.63. The first-order chi connectivity index (χ1) is 16.8. The van der Waals surface area contributed by atoms with E-state index in [-0.39, 0.29) is 23.7 Å². The number of hydrogen-bond acceptors (Lipinski definition) is 6. The minimum atomic E-state index is -0.985. The number of carbonyl (C=O) groups excluding carboxylic acids is 4. The molecule has 1 N–H and O–H groups in total. The lowest BCUT2D eigenvalue weighted by atomic mass is 9.78. The second kappa shape index (κ2) is 11.9. The summed E-state index contributed by atoms with van der Waals surface area (Å²) in [6.45, 7) is 6.25. The molecule has 2 heterocycles. The summed E-state index contributed by atoms with van der Waals surface area (Å²) in [4.78, 5) is 52.5. The average molecular weight is 486 g/mol. The van der Waals surface area contributed by atoms with E-state index in [2.05, 4.69) is 5.32 Å². The van der Waals surface area contributed by atoms with E-state index in [1.165, 1.54) is 14.0 Å². The van der Waals surface area contributed by atoms with E-state index in [0.717, 1.165) is 30.6 Å². The van der Waals surface area contributed by atoms with E-state index in [1.54, 1.807) is 17.1 Å². The molecule has 0 saturated carbocycles. The lowest BCUT2D eigenvalue weighted by Crippen LogP contribution is -2.46. The molecule has 9 heteroatoms. The highest BCUT2D eigenvalue weighted by atomic mass is 16.5. The summed E-state index contributed by atoms with van der Waals surface area (Å²) in [5.41, 5.74) is 0.845. The number of methoxy groups -OCH3 is 1. The Balaban J connectivity index is 1.53. The molecule has 3 rings (SSSR count). The molecule has 1 aromatic rings. The van der Waals surface area contributed by atoms with Gasteiger partial charge in [-0.15, -0.1) is 0 Å². The van der Waals surface area contributed by atoms with E-state index in [0.29, 0.717) is 32.8 Å². The van der Waals surface area contributed by atoms with E-state index in [9.17, 15) is 19.2 Å². The van der Waals surface area contributed by atoms with Crippen molar-refractivity contribution in [3.05, 3.63) is 35.9 Å². The molecule has 1 atom stereocenters. The predicted molar refractivity (Wildman–Crippen MR) is 130 cm³/mol. The number of ether oxygens (including phenoxy) is 2. The molecule has 3 amide bonds. The van der Waals surface area contributed by atoms with Gasteiger partial charge in [-0.1, -0.05) is 18.2 Å². The van der Waals surface area contributed by atoms with Crippen LogP contribution in [0.25, 0.3) is 6.08 Å². The third kappa shape index (κ3) is 6.83. The van der Waals surface area contributed by atoms with Gasteiger partial charge in [0.15, 0.2) is 0 Å². The molecule has 0 aromatic heterocycles. The van der Waals surface area contributed by atoms with Gasteiger partial charge in [-0.05, 0) is 43.7 Å². The highest BCUT2D eigenvalue weighted by Crippen LogP contribution is 2.40. The van der Waals surface area contributed by atoms with E-state index < -0.39 is 17.9 Å². The molecule has 1 aromatic carbocycles. The number of piperidine rings is 1. The molecular weight excluding hydrogens is 450 g/mol. The summed E-state index contributed by atoms with van der Waals surface area (Å²) in [6.07, 6.45) is 5.76. The Morgan fingerprint density at radius 1 is 1.09 bits per heavy atom. The molecule has 35 heavy (non-hydrogen) atoms. The van der Waals surface area contributed by atoms with Gasteiger partial charge < -0.3 is 24.6 Å². The first-order valence-corrected chi connectivity index (χ1v) is 12.1. The van der Waals surface area contributed by atoms with Gasteiger partial charge in [0.1, 0.15) is 11.8 Å². The minimum Gasteiger partial charge on any atom is -0.493 e. The van der Waals surface area contributed by atoms with Crippen molar-refractivity contribution in [2.24, 2.45) is 5.41 Å². The van der Waals surface area contributed by atoms with Crippen LogP contribution in [0.5, 0.6) is 5.75 Å². The molecule has 0 unspecified atom stereocenters. The fraction of sp³-hybridized carbons (Fsp3) is 0.538. The van der Waals surface area contributed by atoms with Crippen LogP contribution < -0.4 is 10.1 Å². The largest absolute Gasteiger partial charge is 0.493 e. The Morgan fingerprint density at radius 2 is 1.74 bits per heavy atom. The average Bonchev–Trinajstić information content (AvgIpc) is 3.26. The van der Waals surface area contributed by atoms with Crippen LogP contribution in [0.1, 0.15) is 45.1 Å². The zero-order valence-corrected chi connectivity index (χ0v) is 20.7. The van der Waals surface area contributed by atoms with Crippen LogP contribution in [0.4, 0.5) is 0 Å². The summed E-state index contributed by atoms with van der Waals surface area (Å²) in [5.74, 6) is -0.487. The molecule has 2 aliphatic heterocycles. The Bertz CT molecular complexity index is 968. The topological polar surface area (TPSA) is 105 Å². The number of likely N-dealkylation sites (tertiary alicyclic amines) is 2.